The zero-order valence-electron chi connectivity index (χ0n) is 56.7. The van der Waals surface area contributed by atoms with Crippen LogP contribution in [0.25, 0.3) is 77.2 Å². The van der Waals surface area contributed by atoms with Crippen LogP contribution in [0.3, 0.4) is 0 Å². The van der Waals surface area contributed by atoms with Crippen molar-refractivity contribution in [1.29, 1.82) is 0 Å². The Morgan fingerprint density at radius 1 is 0.276 bits per heavy atom. The van der Waals surface area contributed by atoms with Gasteiger partial charge in [0.25, 0.3) is 13.4 Å². The third-order valence-corrected chi connectivity index (χ3v) is 21.5. The lowest BCUT2D eigenvalue weighted by atomic mass is 9.30. The summed E-state index contributed by atoms with van der Waals surface area (Å²) in [6.45, 7) is 20.2. The minimum absolute atomic E-state index is 0.0807. The summed E-state index contributed by atoms with van der Waals surface area (Å²) in [5, 5.41) is 4.82. The van der Waals surface area contributed by atoms with Crippen molar-refractivity contribution < 1.29 is 9.47 Å². The summed E-state index contributed by atoms with van der Waals surface area (Å²) in [6.07, 6.45) is 0. The standard InChI is InChI=1S/C90H72B2N4O2/c1-88(2,3)57-39-43-60(44-40-57)93-77-54-78-72(53-71(77)91-69-45-41-58(89(4,5)6)47-81(69)97-83-51-61(49-79(93)85(83)91)94-73-35-20-16-29-65(73)66-30-17-21-36-74(66)94)92-70-46-42-59(90(7,8)9)48-82(70)98-84-52-62(95-75-37-22-18-31-67(75)68-32-19-23-38-76(68)95)50-80(86(84)92)96(78)87-63(55-25-12-10-13-26-55)33-24-34-64(87)56-27-14-11-15-28-56/h10-54H,1-9H3. The SMILES string of the molecule is CC(C)(C)c1ccc(N2c3cc4c(cc3B3c5ccc(C(C)(C)C)cc5Oc5cc(-n6c7ccccc7c7ccccc76)cc2c53)B2c3ccc(C(C)(C)C)cc3Oc3cc(-n5c6ccccc6c6ccccc65)cc(c32)N4c2c(-c3ccccc3)cccc2-c2ccccc2)cc1. The van der Waals surface area contributed by atoms with Gasteiger partial charge in [-0.1, -0.05) is 256 Å². The van der Waals surface area contributed by atoms with Crippen LogP contribution in [-0.2, 0) is 16.2 Å². The van der Waals surface area contributed by atoms with Crippen molar-refractivity contribution in [3.8, 4) is 56.6 Å². The van der Waals surface area contributed by atoms with Gasteiger partial charge in [-0.25, -0.2) is 0 Å². The van der Waals surface area contributed by atoms with Crippen LogP contribution in [-0.4, -0.2) is 22.6 Å². The lowest BCUT2D eigenvalue weighted by molar-refractivity contribution is 0.483. The van der Waals surface area contributed by atoms with Crippen LogP contribution >= 0.6 is 0 Å². The summed E-state index contributed by atoms with van der Waals surface area (Å²) in [5.74, 6) is 3.45. The van der Waals surface area contributed by atoms with Crippen molar-refractivity contribution >= 4 is 124 Å². The zero-order valence-corrected chi connectivity index (χ0v) is 56.7. The summed E-state index contributed by atoms with van der Waals surface area (Å²) >= 11 is 0. The molecule has 0 atom stereocenters. The molecule has 0 saturated heterocycles. The van der Waals surface area contributed by atoms with Gasteiger partial charge in [0.15, 0.2) is 0 Å². The molecule has 13 aromatic carbocycles. The van der Waals surface area contributed by atoms with Crippen LogP contribution in [0.15, 0.2) is 273 Å². The molecule has 6 nitrogen and oxygen atoms in total. The first-order valence-corrected chi connectivity index (χ1v) is 34.6. The van der Waals surface area contributed by atoms with E-state index in [1.165, 1.54) is 49.2 Å². The Hall–Kier alpha value is -11.2. The molecule has 0 aliphatic carbocycles. The Kier molecular flexibility index (Phi) is 12.6. The highest BCUT2D eigenvalue weighted by Gasteiger charge is 2.49. The Morgan fingerprint density at radius 2 is 0.653 bits per heavy atom. The summed E-state index contributed by atoms with van der Waals surface area (Å²) in [5.41, 5.74) is 27.9. The van der Waals surface area contributed by atoms with Crippen LogP contribution in [0.5, 0.6) is 23.0 Å². The van der Waals surface area contributed by atoms with Crippen molar-refractivity contribution in [3.05, 3.63) is 290 Å². The predicted molar refractivity (Wildman–Crippen MR) is 414 cm³/mol. The molecular formula is C90H72B2N4O2. The highest BCUT2D eigenvalue weighted by atomic mass is 16.5. The second kappa shape index (κ2) is 21.1. The summed E-state index contributed by atoms with van der Waals surface area (Å²) in [4.78, 5) is 5.23. The minimum Gasteiger partial charge on any atom is -0.458 e. The van der Waals surface area contributed by atoms with E-state index in [4.69, 9.17) is 9.47 Å². The van der Waals surface area contributed by atoms with Gasteiger partial charge in [0.1, 0.15) is 23.0 Å². The number of para-hydroxylation sites is 5. The van der Waals surface area contributed by atoms with E-state index in [9.17, 15) is 0 Å². The smallest absolute Gasteiger partial charge is 0.256 e. The molecule has 0 fully saturated rings. The van der Waals surface area contributed by atoms with E-state index in [0.29, 0.717) is 0 Å². The number of rotatable bonds is 6. The molecule has 6 heterocycles. The fraction of sp³-hybridized carbons (Fsp3) is 0.133. The van der Waals surface area contributed by atoms with Gasteiger partial charge in [0, 0.05) is 73.2 Å². The van der Waals surface area contributed by atoms with Crippen LogP contribution < -0.4 is 52.1 Å². The molecule has 19 rings (SSSR count). The molecule has 0 spiro atoms. The number of nitrogens with zero attached hydrogens (tertiary/aromatic N) is 4. The van der Waals surface area contributed by atoms with Crippen molar-refractivity contribution in [1.82, 2.24) is 9.13 Å². The molecule has 4 aliphatic rings. The third-order valence-electron chi connectivity index (χ3n) is 21.5. The molecule has 15 aromatic rings. The molecule has 0 saturated carbocycles. The van der Waals surface area contributed by atoms with E-state index in [1.54, 1.807) is 0 Å². The molecule has 0 N–H and O–H groups in total. The molecule has 98 heavy (non-hydrogen) atoms. The molecule has 8 heteroatoms. The largest absolute Gasteiger partial charge is 0.458 e. The van der Waals surface area contributed by atoms with Gasteiger partial charge in [0.05, 0.1) is 39.1 Å². The van der Waals surface area contributed by atoms with Crippen molar-refractivity contribution in [3.63, 3.8) is 0 Å². The van der Waals surface area contributed by atoms with Crippen molar-refractivity contribution in [2.75, 3.05) is 9.80 Å². The Morgan fingerprint density at radius 3 is 1.07 bits per heavy atom. The Labute approximate surface area is 573 Å². The van der Waals surface area contributed by atoms with Crippen LogP contribution in [0.1, 0.15) is 79.0 Å². The first-order valence-electron chi connectivity index (χ1n) is 34.6. The number of aromatic nitrogens is 2. The first-order chi connectivity index (χ1) is 47.5. The summed E-state index contributed by atoms with van der Waals surface area (Å²) < 4.78 is 20.2. The number of benzene rings is 13. The normalized spacial score (nSPS) is 13.6. The van der Waals surface area contributed by atoms with Gasteiger partial charge in [-0.15, -0.1) is 0 Å². The fourth-order valence-electron chi connectivity index (χ4n) is 16.7. The van der Waals surface area contributed by atoms with Gasteiger partial charge >= 0.3 is 0 Å². The monoisotopic (exact) mass is 1260 g/mol. The lowest BCUT2D eigenvalue weighted by Gasteiger charge is -2.45. The molecule has 0 bridgehead atoms. The number of hydrogen-bond acceptors (Lipinski definition) is 4. The average molecular weight is 1260 g/mol. The van der Waals surface area contributed by atoms with Gasteiger partial charge in [-0.05, 0) is 144 Å². The number of ether oxygens (including phenoxy) is 2. The molecule has 470 valence electrons. The maximum Gasteiger partial charge on any atom is 0.256 e. The maximum absolute atomic E-state index is 7.70. The maximum atomic E-state index is 7.70. The molecule has 4 aliphatic heterocycles. The molecule has 2 aromatic heterocycles. The van der Waals surface area contributed by atoms with E-state index in [-0.39, 0.29) is 29.7 Å². The van der Waals surface area contributed by atoms with E-state index in [2.05, 4.69) is 354 Å². The van der Waals surface area contributed by atoms with E-state index >= 15 is 0 Å². The molecule has 0 amide bonds. The van der Waals surface area contributed by atoms with E-state index in [1.807, 2.05) is 0 Å². The highest BCUT2D eigenvalue weighted by molar-refractivity contribution is 7.02. The molecular weight excluding hydrogens is 1190 g/mol. The summed E-state index contributed by atoms with van der Waals surface area (Å²) in [6, 6.07) is 103. The van der Waals surface area contributed by atoms with Crippen molar-refractivity contribution in [2.45, 2.75) is 78.6 Å². The highest BCUT2D eigenvalue weighted by Crippen LogP contribution is 2.53. The van der Waals surface area contributed by atoms with Crippen molar-refractivity contribution in [2.24, 2.45) is 0 Å². The van der Waals surface area contributed by atoms with Gasteiger partial charge in [-0.3, -0.25) is 0 Å². The minimum atomic E-state index is -0.258. The first kappa shape index (κ1) is 58.2. The van der Waals surface area contributed by atoms with Crippen LogP contribution in [0.2, 0.25) is 0 Å². The van der Waals surface area contributed by atoms with E-state index < -0.39 is 0 Å². The van der Waals surface area contributed by atoms with Crippen LogP contribution in [0, 0.1) is 0 Å². The average Bonchev–Trinajstić information content (AvgIpc) is 0.860. The van der Waals surface area contributed by atoms with E-state index in [0.717, 1.165) is 135 Å². The fourth-order valence-corrected chi connectivity index (χ4v) is 16.7. The van der Waals surface area contributed by atoms with Gasteiger partial charge < -0.3 is 28.4 Å². The second-order valence-electron chi connectivity index (χ2n) is 30.4. The lowest BCUT2D eigenvalue weighted by Crippen LogP contribution is -2.64. The second-order valence-corrected chi connectivity index (χ2v) is 30.4. The van der Waals surface area contributed by atoms with Gasteiger partial charge in [0.2, 0.25) is 0 Å². The number of hydrogen-bond donors (Lipinski definition) is 0. The van der Waals surface area contributed by atoms with Gasteiger partial charge in [-0.2, -0.15) is 0 Å². The predicted octanol–water partition coefficient (Wildman–Crippen LogP) is 19.9. The third kappa shape index (κ3) is 8.75. The van der Waals surface area contributed by atoms with Crippen LogP contribution in [0.4, 0.5) is 34.1 Å². The quantitative estimate of drug-likeness (QED) is 0.155. The summed E-state index contributed by atoms with van der Waals surface area (Å²) in [7, 11) is 0. The topological polar surface area (TPSA) is 34.8 Å². The Bertz CT molecular complexity index is 5680. The molecule has 0 radical (unpaired) electrons. The Balaban J connectivity index is 0.980. The zero-order chi connectivity index (χ0) is 66.3. The molecule has 0 unspecified atom stereocenters. The number of anilines is 6. The number of fused-ring (bicyclic) bond motifs is 14.